The number of benzene rings is 1. The van der Waals surface area contributed by atoms with Gasteiger partial charge in [-0.15, -0.1) is 0 Å². The molecule has 1 aromatic carbocycles. The molecule has 2 amide bonds. The normalized spacial score (nSPS) is 22.3. The lowest BCUT2D eigenvalue weighted by atomic mass is 9.97. The number of ether oxygens (including phenoxy) is 1. The van der Waals surface area contributed by atoms with Gasteiger partial charge in [-0.1, -0.05) is 42.5 Å². The number of aliphatic hydroxyl groups is 1. The highest BCUT2D eigenvalue weighted by atomic mass is 16.5. The van der Waals surface area contributed by atoms with Crippen molar-refractivity contribution in [2.75, 3.05) is 26.3 Å². The van der Waals surface area contributed by atoms with E-state index in [4.69, 9.17) is 4.74 Å². The van der Waals surface area contributed by atoms with Gasteiger partial charge in [-0.05, 0) is 37.7 Å². The zero-order valence-electron chi connectivity index (χ0n) is 18.7. The van der Waals surface area contributed by atoms with E-state index < -0.39 is 5.92 Å². The summed E-state index contributed by atoms with van der Waals surface area (Å²) in [6.45, 7) is 1.35. The van der Waals surface area contributed by atoms with Gasteiger partial charge < -0.3 is 19.6 Å². The smallest absolute Gasteiger partial charge is 0.305 e. The van der Waals surface area contributed by atoms with Gasteiger partial charge in [0.1, 0.15) is 6.61 Å². The van der Waals surface area contributed by atoms with Crippen molar-refractivity contribution in [1.82, 2.24) is 9.80 Å². The van der Waals surface area contributed by atoms with Gasteiger partial charge in [0, 0.05) is 32.5 Å². The summed E-state index contributed by atoms with van der Waals surface area (Å²) in [6, 6.07) is 9.53. The van der Waals surface area contributed by atoms with Crippen molar-refractivity contribution in [2.45, 2.75) is 57.5 Å². The van der Waals surface area contributed by atoms with Crippen LogP contribution in [0.15, 0.2) is 42.5 Å². The highest BCUT2D eigenvalue weighted by molar-refractivity contribution is 5.86. The average molecular weight is 443 g/mol. The molecule has 1 saturated heterocycles. The van der Waals surface area contributed by atoms with E-state index in [2.05, 4.69) is 0 Å². The highest BCUT2D eigenvalue weighted by Gasteiger charge is 2.35. The molecule has 0 spiro atoms. The molecule has 1 fully saturated rings. The van der Waals surface area contributed by atoms with Crippen LogP contribution in [0.3, 0.4) is 0 Å². The third kappa shape index (κ3) is 6.92. The number of carbonyl (C=O) groups excluding carboxylic acids is 3. The summed E-state index contributed by atoms with van der Waals surface area (Å²) in [5.74, 6) is -0.873. The Balaban J connectivity index is 1.73. The number of esters is 1. The van der Waals surface area contributed by atoms with E-state index in [1.54, 1.807) is 9.80 Å². The maximum Gasteiger partial charge on any atom is 0.305 e. The topological polar surface area (TPSA) is 87.2 Å². The number of nitrogens with zero attached hydrogens (tertiary/aromatic N) is 2. The van der Waals surface area contributed by atoms with E-state index in [0.29, 0.717) is 32.4 Å². The van der Waals surface area contributed by atoms with E-state index >= 15 is 0 Å². The third-order valence-electron chi connectivity index (χ3n) is 6.15. The second-order valence-electron chi connectivity index (χ2n) is 8.54. The predicted octanol–water partition coefficient (Wildman–Crippen LogP) is 2.68. The fourth-order valence-electron chi connectivity index (χ4n) is 4.37. The van der Waals surface area contributed by atoms with Crippen molar-refractivity contribution in [3.8, 4) is 0 Å². The standard InChI is InChI=1S/C25H34N2O5/c28-16-15-26(18-20-9-4-3-5-10-20)23(29)17-21-11-6-1-2-7-13-24(30)32-19-22-12-8-14-27(22)25(21)31/h1,3-6,9-10,21-22,28H,2,7-8,11-19H2/t21-,22+/m1/s1. The Morgan fingerprint density at radius 1 is 1.16 bits per heavy atom. The van der Waals surface area contributed by atoms with Crippen molar-refractivity contribution >= 4 is 17.8 Å². The van der Waals surface area contributed by atoms with Crippen LogP contribution in [0.25, 0.3) is 0 Å². The Bertz CT molecular complexity index is 795. The van der Waals surface area contributed by atoms with Crippen LogP contribution in [0.4, 0.5) is 0 Å². The maximum atomic E-state index is 13.4. The first-order valence-corrected chi connectivity index (χ1v) is 11.6. The molecule has 0 aliphatic carbocycles. The molecule has 1 N–H and O–H groups in total. The number of allylic oxidation sites excluding steroid dienone is 2. The fourth-order valence-corrected chi connectivity index (χ4v) is 4.37. The average Bonchev–Trinajstić information content (AvgIpc) is 3.27. The molecule has 2 atom stereocenters. The summed E-state index contributed by atoms with van der Waals surface area (Å²) in [5.41, 5.74) is 0.983. The molecule has 0 aromatic heterocycles. The fraction of sp³-hybridized carbons (Fsp3) is 0.560. The predicted molar refractivity (Wildman–Crippen MR) is 120 cm³/mol. The van der Waals surface area contributed by atoms with E-state index in [9.17, 15) is 19.5 Å². The number of cyclic esters (lactones) is 1. The lowest BCUT2D eigenvalue weighted by molar-refractivity contribution is -0.149. The summed E-state index contributed by atoms with van der Waals surface area (Å²) in [4.78, 5) is 41.9. The van der Waals surface area contributed by atoms with Gasteiger partial charge in [-0.2, -0.15) is 0 Å². The first kappa shape index (κ1) is 24.0. The van der Waals surface area contributed by atoms with Gasteiger partial charge >= 0.3 is 5.97 Å². The van der Waals surface area contributed by atoms with Crippen LogP contribution >= 0.6 is 0 Å². The van der Waals surface area contributed by atoms with Crippen molar-refractivity contribution in [3.63, 3.8) is 0 Å². The summed E-state index contributed by atoms with van der Waals surface area (Å²) < 4.78 is 5.41. The molecular weight excluding hydrogens is 408 g/mol. The van der Waals surface area contributed by atoms with E-state index in [-0.39, 0.29) is 50.0 Å². The minimum absolute atomic E-state index is 0.0514. The Hall–Kier alpha value is -2.67. The van der Waals surface area contributed by atoms with Crippen LogP contribution in [0.5, 0.6) is 0 Å². The van der Waals surface area contributed by atoms with Gasteiger partial charge in [0.2, 0.25) is 11.8 Å². The third-order valence-corrected chi connectivity index (χ3v) is 6.15. The lowest BCUT2D eigenvalue weighted by Crippen LogP contribution is -2.44. The van der Waals surface area contributed by atoms with Crippen LogP contribution in [0.2, 0.25) is 0 Å². The SMILES string of the molecule is O=C1CCCC=CC[C@H](CC(=O)N(CCO)Cc2ccccc2)C(=O)N2CCC[C@H]2CO1. The van der Waals surface area contributed by atoms with Gasteiger partial charge in [0.05, 0.1) is 18.6 Å². The molecule has 7 heteroatoms. The van der Waals surface area contributed by atoms with Gasteiger partial charge in [-0.25, -0.2) is 0 Å². The van der Waals surface area contributed by atoms with E-state index in [1.807, 2.05) is 42.5 Å². The summed E-state index contributed by atoms with van der Waals surface area (Å²) in [5, 5.41) is 9.48. The Morgan fingerprint density at radius 2 is 1.97 bits per heavy atom. The quantitative estimate of drug-likeness (QED) is 0.541. The molecule has 2 aliphatic heterocycles. The van der Waals surface area contributed by atoms with Gasteiger partial charge in [0.25, 0.3) is 0 Å². The van der Waals surface area contributed by atoms with Crippen LogP contribution < -0.4 is 0 Å². The van der Waals surface area contributed by atoms with Crippen LogP contribution in [0, 0.1) is 5.92 Å². The molecule has 0 unspecified atom stereocenters. The number of fused-ring (bicyclic) bond motifs is 1. The monoisotopic (exact) mass is 442 g/mol. The zero-order valence-corrected chi connectivity index (χ0v) is 18.7. The van der Waals surface area contributed by atoms with Crippen LogP contribution in [-0.4, -0.2) is 65.0 Å². The molecule has 0 saturated carbocycles. The number of amides is 2. The maximum absolute atomic E-state index is 13.4. The number of aliphatic hydroxyl groups excluding tert-OH is 1. The molecule has 0 radical (unpaired) electrons. The second-order valence-corrected chi connectivity index (χ2v) is 8.54. The Labute approximate surface area is 190 Å². The van der Waals surface area contributed by atoms with Gasteiger partial charge in [-0.3, -0.25) is 14.4 Å². The van der Waals surface area contributed by atoms with Crippen molar-refractivity contribution < 1.29 is 24.2 Å². The summed E-state index contributed by atoms with van der Waals surface area (Å²) >= 11 is 0. The number of rotatable bonds is 6. The summed E-state index contributed by atoms with van der Waals surface area (Å²) in [7, 11) is 0. The molecule has 3 rings (SSSR count). The van der Waals surface area contributed by atoms with Crippen molar-refractivity contribution in [2.24, 2.45) is 5.92 Å². The van der Waals surface area contributed by atoms with Crippen LogP contribution in [0.1, 0.15) is 50.5 Å². The van der Waals surface area contributed by atoms with Crippen LogP contribution in [-0.2, 0) is 25.7 Å². The molecule has 7 nitrogen and oxygen atoms in total. The van der Waals surface area contributed by atoms with E-state index in [1.165, 1.54) is 0 Å². The zero-order chi connectivity index (χ0) is 22.8. The minimum atomic E-state index is -0.465. The Kier molecular flexibility index (Phi) is 9.28. The first-order chi connectivity index (χ1) is 15.6. The molecular formula is C25H34N2O5. The lowest BCUT2D eigenvalue weighted by Gasteiger charge is -2.29. The molecule has 2 heterocycles. The molecule has 32 heavy (non-hydrogen) atoms. The van der Waals surface area contributed by atoms with Crippen molar-refractivity contribution in [1.29, 1.82) is 0 Å². The Morgan fingerprint density at radius 3 is 2.75 bits per heavy atom. The molecule has 2 aliphatic rings. The molecule has 1 aromatic rings. The summed E-state index contributed by atoms with van der Waals surface area (Å²) in [6.07, 6.45) is 8.02. The number of hydrogen-bond donors (Lipinski definition) is 1. The van der Waals surface area contributed by atoms with Crippen molar-refractivity contribution in [3.05, 3.63) is 48.0 Å². The first-order valence-electron chi connectivity index (χ1n) is 11.6. The number of carbonyl (C=O) groups is 3. The minimum Gasteiger partial charge on any atom is -0.463 e. The highest BCUT2D eigenvalue weighted by Crippen LogP contribution is 2.25. The second kappa shape index (κ2) is 12.4. The number of hydrogen-bond acceptors (Lipinski definition) is 5. The van der Waals surface area contributed by atoms with E-state index in [0.717, 1.165) is 24.8 Å². The molecule has 0 bridgehead atoms. The molecule has 174 valence electrons. The largest absolute Gasteiger partial charge is 0.463 e. The van der Waals surface area contributed by atoms with Gasteiger partial charge in [0.15, 0.2) is 0 Å².